The second kappa shape index (κ2) is 7.38. The van der Waals surface area contributed by atoms with E-state index in [-0.39, 0.29) is 17.1 Å². The highest BCUT2D eigenvalue weighted by Gasteiger charge is 2.40. The van der Waals surface area contributed by atoms with Crippen molar-refractivity contribution in [3.63, 3.8) is 0 Å². The van der Waals surface area contributed by atoms with Gasteiger partial charge in [0.05, 0.1) is 23.3 Å². The molecule has 2 aromatic carbocycles. The van der Waals surface area contributed by atoms with Crippen molar-refractivity contribution >= 4 is 34.8 Å². The lowest BCUT2D eigenvalue weighted by Crippen LogP contribution is -2.31. The average molecular weight is 367 g/mol. The Kier molecular flexibility index (Phi) is 5.18. The molecule has 0 aromatic heterocycles. The molecule has 0 unspecified atom stereocenters. The van der Waals surface area contributed by atoms with Gasteiger partial charge in [-0.05, 0) is 36.8 Å². The van der Waals surface area contributed by atoms with Gasteiger partial charge >= 0.3 is 0 Å². The first-order valence-corrected chi connectivity index (χ1v) is 9.31. The van der Waals surface area contributed by atoms with Gasteiger partial charge in [-0.25, -0.2) is 4.90 Å². The Bertz CT molecular complexity index is 867. The largest absolute Gasteiger partial charge is 0.497 e. The fraction of sp³-hybridized carbons (Fsp3) is 0.238. The number of methoxy groups -OCH3 is 1. The van der Waals surface area contributed by atoms with Crippen LogP contribution in [0.5, 0.6) is 5.75 Å². The molecule has 0 aliphatic carbocycles. The van der Waals surface area contributed by atoms with Gasteiger partial charge in [-0.1, -0.05) is 43.7 Å². The maximum Gasteiger partial charge on any atom is 0.272 e. The lowest BCUT2D eigenvalue weighted by molar-refractivity contribution is -0.119. The van der Waals surface area contributed by atoms with Crippen LogP contribution in [0.25, 0.3) is 5.57 Å². The number of carbonyl (C=O) groups excluding carboxylic acids is 2. The van der Waals surface area contributed by atoms with Crippen molar-refractivity contribution in [2.24, 2.45) is 0 Å². The molecule has 0 radical (unpaired) electrons. The van der Waals surface area contributed by atoms with Crippen LogP contribution in [0.1, 0.15) is 25.0 Å². The van der Waals surface area contributed by atoms with Gasteiger partial charge < -0.3 is 4.74 Å². The topological polar surface area (TPSA) is 46.6 Å². The number of imide groups is 1. The zero-order chi connectivity index (χ0) is 18.8. The molecule has 1 aliphatic heterocycles. The van der Waals surface area contributed by atoms with E-state index in [9.17, 15) is 9.59 Å². The summed E-state index contributed by atoms with van der Waals surface area (Å²) in [5.41, 5.74) is 2.85. The number of amides is 2. The van der Waals surface area contributed by atoms with Crippen LogP contribution in [-0.2, 0) is 9.59 Å². The van der Waals surface area contributed by atoms with Gasteiger partial charge in [0.2, 0.25) is 0 Å². The molecule has 0 fully saturated rings. The maximum absolute atomic E-state index is 13.2. The van der Waals surface area contributed by atoms with Crippen molar-refractivity contribution in [3.05, 3.63) is 64.6 Å². The molecule has 134 valence electrons. The third kappa shape index (κ3) is 3.40. The van der Waals surface area contributed by atoms with Gasteiger partial charge in [-0.2, -0.15) is 0 Å². The fourth-order valence-corrected chi connectivity index (χ4v) is 3.78. The molecule has 5 heteroatoms. The molecule has 0 N–H and O–H groups in total. The van der Waals surface area contributed by atoms with Gasteiger partial charge in [0.15, 0.2) is 0 Å². The van der Waals surface area contributed by atoms with E-state index in [0.29, 0.717) is 21.9 Å². The summed E-state index contributed by atoms with van der Waals surface area (Å²) in [6.45, 7) is 5.99. The van der Waals surface area contributed by atoms with E-state index in [1.165, 1.54) is 16.7 Å². The lowest BCUT2D eigenvalue weighted by Gasteiger charge is -2.15. The Balaban J connectivity index is 2.07. The van der Waals surface area contributed by atoms with Crippen LogP contribution in [0.15, 0.2) is 53.4 Å². The molecule has 4 nitrogen and oxygen atoms in total. The molecule has 2 aromatic rings. The maximum atomic E-state index is 13.2. The smallest absolute Gasteiger partial charge is 0.272 e. The highest BCUT2D eigenvalue weighted by molar-refractivity contribution is 8.04. The molecular weight excluding hydrogens is 346 g/mol. The number of thioether (sulfide) groups is 1. The zero-order valence-corrected chi connectivity index (χ0v) is 16.1. The van der Waals surface area contributed by atoms with E-state index in [1.54, 1.807) is 31.4 Å². The summed E-state index contributed by atoms with van der Waals surface area (Å²) in [6.07, 6.45) is 0. The molecule has 1 heterocycles. The number of anilines is 1. The number of ether oxygens (including phenoxy) is 1. The minimum Gasteiger partial charge on any atom is -0.497 e. The van der Waals surface area contributed by atoms with Crippen LogP contribution >= 0.6 is 11.8 Å². The molecule has 2 amide bonds. The predicted molar refractivity (Wildman–Crippen MR) is 106 cm³/mol. The Morgan fingerprint density at radius 3 is 2.08 bits per heavy atom. The van der Waals surface area contributed by atoms with Crippen molar-refractivity contribution in [2.75, 3.05) is 12.0 Å². The van der Waals surface area contributed by atoms with Crippen molar-refractivity contribution in [1.82, 2.24) is 0 Å². The summed E-state index contributed by atoms with van der Waals surface area (Å²) in [5.74, 6) is 0.162. The fourth-order valence-electron chi connectivity index (χ4n) is 2.80. The Morgan fingerprint density at radius 1 is 0.923 bits per heavy atom. The molecule has 3 rings (SSSR count). The predicted octanol–water partition coefficient (Wildman–Crippen LogP) is 4.43. The Labute approximate surface area is 157 Å². The van der Waals surface area contributed by atoms with Gasteiger partial charge in [-0.15, -0.1) is 11.8 Å². The highest BCUT2D eigenvalue weighted by Crippen LogP contribution is 2.40. The summed E-state index contributed by atoms with van der Waals surface area (Å²) >= 11 is 1.42. The average Bonchev–Trinajstić information content (AvgIpc) is 2.86. The molecule has 0 atom stereocenters. The molecule has 0 bridgehead atoms. The molecule has 0 saturated heterocycles. The van der Waals surface area contributed by atoms with E-state index < -0.39 is 0 Å². The summed E-state index contributed by atoms with van der Waals surface area (Å²) < 4.78 is 5.19. The van der Waals surface area contributed by atoms with Crippen LogP contribution in [-0.4, -0.2) is 24.2 Å². The standard InChI is InChI=1S/C21H21NO3S/c1-13(2)26-19-18(15-7-11-17(25-4)12-8-15)20(23)22(21(19)24)16-9-5-14(3)6-10-16/h5-13H,1-4H3. The van der Waals surface area contributed by atoms with Crippen molar-refractivity contribution in [2.45, 2.75) is 26.0 Å². The van der Waals surface area contributed by atoms with Gasteiger partial charge in [-0.3, -0.25) is 9.59 Å². The normalized spacial score (nSPS) is 14.6. The third-order valence-electron chi connectivity index (χ3n) is 4.07. The second-order valence-electron chi connectivity index (χ2n) is 6.38. The van der Waals surface area contributed by atoms with Crippen LogP contribution in [0.4, 0.5) is 5.69 Å². The minimum absolute atomic E-state index is 0.188. The number of rotatable bonds is 5. The summed E-state index contributed by atoms with van der Waals surface area (Å²) in [7, 11) is 1.59. The molecular formula is C21H21NO3S. The zero-order valence-electron chi connectivity index (χ0n) is 15.3. The van der Waals surface area contributed by atoms with E-state index >= 15 is 0 Å². The van der Waals surface area contributed by atoms with E-state index in [2.05, 4.69) is 0 Å². The Morgan fingerprint density at radius 2 is 1.54 bits per heavy atom. The molecule has 0 spiro atoms. The number of benzene rings is 2. The minimum atomic E-state index is -0.285. The first-order valence-electron chi connectivity index (χ1n) is 8.43. The second-order valence-corrected chi connectivity index (χ2v) is 7.97. The quantitative estimate of drug-likeness (QED) is 0.734. The number of hydrogen-bond donors (Lipinski definition) is 0. The van der Waals surface area contributed by atoms with Crippen LogP contribution in [0.2, 0.25) is 0 Å². The molecule has 0 saturated carbocycles. The molecule has 1 aliphatic rings. The number of hydrogen-bond acceptors (Lipinski definition) is 4. The number of aryl methyl sites for hydroxylation is 1. The van der Waals surface area contributed by atoms with E-state index in [4.69, 9.17) is 4.74 Å². The van der Waals surface area contributed by atoms with Gasteiger partial charge in [0, 0.05) is 5.25 Å². The van der Waals surface area contributed by atoms with E-state index in [1.807, 2.05) is 45.0 Å². The first-order chi connectivity index (χ1) is 12.4. The van der Waals surface area contributed by atoms with Crippen molar-refractivity contribution < 1.29 is 14.3 Å². The number of carbonyl (C=O) groups is 2. The van der Waals surface area contributed by atoms with Crippen LogP contribution < -0.4 is 9.64 Å². The monoisotopic (exact) mass is 367 g/mol. The van der Waals surface area contributed by atoms with Crippen molar-refractivity contribution in [1.29, 1.82) is 0 Å². The summed E-state index contributed by atoms with van der Waals surface area (Å²) in [6, 6.07) is 14.6. The summed E-state index contributed by atoms with van der Waals surface area (Å²) in [4.78, 5) is 28.0. The Hall–Kier alpha value is -2.53. The van der Waals surface area contributed by atoms with Gasteiger partial charge in [0.25, 0.3) is 11.8 Å². The van der Waals surface area contributed by atoms with E-state index in [0.717, 1.165) is 11.1 Å². The SMILES string of the molecule is COc1ccc(C2=C(SC(C)C)C(=O)N(c3ccc(C)cc3)C2=O)cc1. The third-order valence-corrected chi connectivity index (χ3v) is 5.15. The first kappa shape index (κ1) is 18.3. The van der Waals surface area contributed by atoms with Crippen molar-refractivity contribution in [3.8, 4) is 5.75 Å². The lowest BCUT2D eigenvalue weighted by atomic mass is 10.1. The molecule has 26 heavy (non-hydrogen) atoms. The van der Waals surface area contributed by atoms with Gasteiger partial charge in [0.1, 0.15) is 5.75 Å². The van der Waals surface area contributed by atoms with Crippen LogP contribution in [0.3, 0.4) is 0 Å². The van der Waals surface area contributed by atoms with Crippen LogP contribution in [0, 0.1) is 6.92 Å². The number of nitrogens with zero attached hydrogens (tertiary/aromatic N) is 1. The highest BCUT2D eigenvalue weighted by atomic mass is 32.2. The summed E-state index contributed by atoms with van der Waals surface area (Å²) in [5, 5.41) is 0.188.